The highest BCUT2D eigenvalue weighted by atomic mass is 16.4. The number of benzene rings is 1. The molecule has 21 heavy (non-hydrogen) atoms. The molecular weight excluding hydrogens is 266 g/mol. The van der Waals surface area contributed by atoms with Crippen molar-refractivity contribution in [3.63, 3.8) is 0 Å². The first kappa shape index (κ1) is 14.1. The van der Waals surface area contributed by atoms with Crippen LogP contribution in [0, 0.1) is 17.8 Å². The number of nitrogens with one attached hydrogen (secondary N) is 1. The molecule has 2 fully saturated rings. The maximum absolute atomic E-state index is 12.3. The first-order valence-corrected chi connectivity index (χ1v) is 7.69. The Balaban J connectivity index is 1.66. The summed E-state index contributed by atoms with van der Waals surface area (Å²) in [5.74, 6) is 1.01. The summed E-state index contributed by atoms with van der Waals surface area (Å²) in [4.78, 5) is 23.3. The van der Waals surface area contributed by atoms with Crippen LogP contribution in [0.2, 0.25) is 0 Å². The summed E-state index contributed by atoms with van der Waals surface area (Å²) in [7, 11) is 0. The summed E-state index contributed by atoms with van der Waals surface area (Å²) < 4.78 is 0. The van der Waals surface area contributed by atoms with E-state index in [9.17, 15) is 9.59 Å². The molecule has 1 aromatic rings. The fraction of sp³-hybridized carbons (Fsp3) is 0.529. The van der Waals surface area contributed by atoms with E-state index in [1.807, 2.05) is 0 Å². The van der Waals surface area contributed by atoms with Gasteiger partial charge in [-0.1, -0.05) is 12.5 Å². The Kier molecular flexibility index (Phi) is 3.70. The van der Waals surface area contributed by atoms with Crippen molar-refractivity contribution in [3.05, 3.63) is 35.4 Å². The molecule has 4 atom stereocenters. The van der Waals surface area contributed by atoms with Crippen LogP contribution in [0.4, 0.5) is 0 Å². The third kappa shape index (κ3) is 2.80. The maximum atomic E-state index is 12.3. The number of amides is 1. The lowest BCUT2D eigenvalue weighted by molar-refractivity contribution is 0.0697. The summed E-state index contributed by atoms with van der Waals surface area (Å²) in [5, 5.41) is 12.0. The summed E-state index contributed by atoms with van der Waals surface area (Å²) >= 11 is 0. The molecule has 2 aliphatic carbocycles. The van der Waals surface area contributed by atoms with Gasteiger partial charge in [0.1, 0.15) is 0 Å². The van der Waals surface area contributed by atoms with E-state index < -0.39 is 5.97 Å². The number of hydrogen-bond acceptors (Lipinski definition) is 2. The lowest BCUT2D eigenvalue weighted by Crippen LogP contribution is -2.40. The zero-order chi connectivity index (χ0) is 15.0. The van der Waals surface area contributed by atoms with Gasteiger partial charge >= 0.3 is 5.97 Å². The van der Waals surface area contributed by atoms with E-state index in [4.69, 9.17) is 5.11 Å². The van der Waals surface area contributed by atoms with Gasteiger partial charge in [-0.25, -0.2) is 4.79 Å². The summed E-state index contributed by atoms with van der Waals surface area (Å²) in [6, 6.07) is 6.36. The molecule has 0 heterocycles. The Hall–Kier alpha value is -1.84. The maximum Gasteiger partial charge on any atom is 0.335 e. The molecule has 2 N–H and O–H groups in total. The highest BCUT2D eigenvalue weighted by molar-refractivity contribution is 5.97. The zero-order valence-corrected chi connectivity index (χ0v) is 12.2. The minimum absolute atomic E-state index is 0.148. The number of rotatable bonds is 4. The van der Waals surface area contributed by atoms with Crippen LogP contribution in [0.5, 0.6) is 0 Å². The second-order valence-electron chi connectivity index (χ2n) is 6.49. The van der Waals surface area contributed by atoms with Gasteiger partial charge in [0.15, 0.2) is 0 Å². The van der Waals surface area contributed by atoms with Gasteiger partial charge < -0.3 is 10.4 Å². The molecule has 1 aromatic carbocycles. The van der Waals surface area contributed by atoms with E-state index >= 15 is 0 Å². The Morgan fingerprint density at radius 1 is 1.24 bits per heavy atom. The molecule has 0 aromatic heterocycles. The van der Waals surface area contributed by atoms with E-state index in [0.29, 0.717) is 11.5 Å². The van der Waals surface area contributed by atoms with Crippen LogP contribution in [0.3, 0.4) is 0 Å². The SMILES string of the molecule is C[C@@H](NC(=O)c1cccc(C(=O)O)c1)[C@@H]1C[C@H]2CC[C@H]1C2. The molecule has 2 saturated carbocycles. The topological polar surface area (TPSA) is 66.4 Å². The minimum atomic E-state index is -1.01. The van der Waals surface area contributed by atoms with Gasteiger partial charge in [-0.05, 0) is 62.1 Å². The highest BCUT2D eigenvalue weighted by Gasteiger charge is 2.42. The van der Waals surface area contributed by atoms with Crippen molar-refractivity contribution in [2.24, 2.45) is 17.8 Å². The molecule has 0 unspecified atom stereocenters. The fourth-order valence-corrected chi connectivity index (χ4v) is 4.10. The van der Waals surface area contributed by atoms with Gasteiger partial charge in [0.05, 0.1) is 5.56 Å². The molecule has 0 spiro atoms. The number of carboxylic acids is 1. The van der Waals surface area contributed by atoms with Gasteiger partial charge in [0, 0.05) is 11.6 Å². The average molecular weight is 287 g/mol. The standard InChI is InChI=1S/C17H21NO3/c1-10(15-8-11-5-6-12(15)7-11)18-16(19)13-3-2-4-14(9-13)17(20)21/h2-4,9-12,15H,5-8H2,1H3,(H,18,19)(H,20,21)/t10-,11+,12+,15+/m1/s1. The molecule has 3 rings (SSSR count). The zero-order valence-electron chi connectivity index (χ0n) is 12.2. The highest BCUT2D eigenvalue weighted by Crippen LogP contribution is 2.49. The monoisotopic (exact) mass is 287 g/mol. The minimum Gasteiger partial charge on any atom is -0.478 e. The smallest absolute Gasteiger partial charge is 0.335 e. The number of carboxylic acid groups (broad SMARTS) is 1. The number of fused-ring (bicyclic) bond motifs is 2. The van der Waals surface area contributed by atoms with Crippen molar-refractivity contribution < 1.29 is 14.7 Å². The van der Waals surface area contributed by atoms with Crippen LogP contribution in [0.15, 0.2) is 24.3 Å². The molecule has 0 aliphatic heterocycles. The Labute approximate surface area is 124 Å². The lowest BCUT2D eigenvalue weighted by Gasteiger charge is -2.28. The molecule has 0 saturated heterocycles. The quantitative estimate of drug-likeness (QED) is 0.894. The van der Waals surface area contributed by atoms with Crippen molar-refractivity contribution in [2.45, 2.75) is 38.6 Å². The van der Waals surface area contributed by atoms with Crippen LogP contribution in [0.1, 0.15) is 53.3 Å². The van der Waals surface area contributed by atoms with Crippen molar-refractivity contribution in [2.75, 3.05) is 0 Å². The van der Waals surface area contributed by atoms with E-state index in [1.54, 1.807) is 12.1 Å². The summed E-state index contributed by atoms with van der Waals surface area (Å²) in [6.07, 6.45) is 5.19. The first-order chi connectivity index (χ1) is 10.0. The van der Waals surface area contributed by atoms with Gasteiger partial charge in [-0.15, -0.1) is 0 Å². The van der Waals surface area contributed by atoms with Crippen LogP contribution in [-0.4, -0.2) is 23.0 Å². The van der Waals surface area contributed by atoms with Gasteiger partial charge in [-0.2, -0.15) is 0 Å². The molecule has 4 nitrogen and oxygen atoms in total. The molecule has 4 heteroatoms. The van der Waals surface area contributed by atoms with Gasteiger partial charge in [-0.3, -0.25) is 4.79 Å². The van der Waals surface area contributed by atoms with Crippen LogP contribution in [0.25, 0.3) is 0 Å². The molecular formula is C17H21NO3. The lowest BCUT2D eigenvalue weighted by atomic mass is 9.84. The normalized spacial score (nSPS) is 28.3. The van der Waals surface area contributed by atoms with Crippen molar-refractivity contribution in [1.29, 1.82) is 0 Å². The van der Waals surface area contributed by atoms with Crippen molar-refractivity contribution in [1.82, 2.24) is 5.32 Å². The second kappa shape index (κ2) is 5.51. The molecule has 112 valence electrons. The van der Waals surface area contributed by atoms with Crippen LogP contribution < -0.4 is 5.32 Å². The molecule has 2 aliphatic rings. The number of hydrogen-bond donors (Lipinski definition) is 2. The third-order valence-electron chi connectivity index (χ3n) is 5.17. The van der Waals surface area contributed by atoms with E-state index in [-0.39, 0.29) is 17.5 Å². The Morgan fingerprint density at radius 3 is 2.62 bits per heavy atom. The summed E-state index contributed by atoms with van der Waals surface area (Å²) in [5.41, 5.74) is 0.570. The Morgan fingerprint density at radius 2 is 2.00 bits per heavy atom. The average Bonchev–Trinajstić information content (AvgIpc) is 3.10. The third-order valence-corrected chi connectivity index (χ3v) is 5.17. The first-order valence-electron chi connectivity index (χ1n) is 7.69. The number of aromatic carboxylic acids is 1. The largest absolute Gasteiger partial charge is 0.478 e. The van der Waals surface area contributed by atoms with E-state index in [2.05, 4.69) is 12.2 Å². The second-order valence-corrected chi connectivity index (χ2v) is 6.49. The van der Waals surface area contributed by atoms with E-state index in [0.717, 1.165) is 11.8 Å². The van der Waals surface area contributed by atoms with Crippen molar-refractivity contribution >= 4 is 11.9 Å². The predicted octanol–water partition coefficient (Wildman–Crippen LogP) is 2.94. The molecule has 2 bridgehead atoms. The summed E-state index contributed by atoms with van der Waals surface area (Å²) in [6.45, 7) is 2.07. The van der Waals surface area contributed by atoms with Gasteiger partial charge in [0.2, 0.25) is 0 Å². The van der Waals surface area contributed by atoms with Gasteiger partial charge in [0.25, 0.3) is 5.91 Å². The van der Waals surface area contributed by atoms with Crippen LogP contribution >= 0.6 is 0 Å². The number of carbonyl (C=O) groups is 2. The molecule has 1 amide bonds. The molecule has 0 radical (unpaired) electrons. The fourth-order valence-electron chi connectivity index (χ4n) is 4.10. The van der Waals surface area contributed by atoms with E-state index in [1.165, 1.54) is 37.8 Å². The van der Waals surface area contributed by atoms with Crippen LogP contribution in [-0.2, 0) is 0 Å². The predicted molar refractivity (Wildman–Crippen MR) is 79.3 cm³/mol. The Bertz CT molecular complexity index is 569. The number of carbonyl (C=O) groups excluding carboxylic acids is 1. The van der Waals surface area contributed by atoms with Crippen molar-refractivity contribution in [3.8, 4) is 0 Å².